The molecule has 2 aliphatic carbocycles. The van der Waals surface area contributed by atoms with Crippen LogP contribution in [0.3, 0.4) is 0 Å². The number of allylic oxidation sites excluding steroid dienone is 2. The molecule has 0 spiro atoms. The van der Waals surface area contributed by atoms with E-state index < -0.39 is 6.08 Å². The van der Waals surface area contributed by atoms with E-state index in [0.717, 1.165) is 44.1 Å². The van der Waals surface area contributed by atoms with Gasteiger partial charge in [0.25, 0.3) is 6.08 Å². The Hall–Kier alpha value is -2.22. The van der Waals surface area contributed by atoms with Crippen LogP contribution in [0, 0.1) is 11.8 Å². The Morgan fingerprint density at radius 3 is 1.62 bits per heavy atom. The zero-order valence-corrected chi connectivity index (χ0v) is 19.1. The van der Waals surface area contributed by atoms with Crippen LogP contribution in [0.4, 0.5) is 8.78 Å². The van der Waals surface area contributed by atoms with E-state index in [1.54, 1.807) is 0 Å². The van der Waals surface area contributed by atoms with Crippen molar-refractivity contribution in [2.24, 2.45) is 11.8 Å². The van der Waals surface area contributed by atoms with Gasteiger partial charge in [0.2, 0.25) is 0 Å². The van der Waals surface area contributed by atoms with E-state index in [4.69, 9.17) is 0 Å². The topological polar surface area (TPSA) is 0 Å². The van der Waals surface area contributed by atoms with Gasteiger partial charge >= 0.3 is 0 Å². The fourth-order valence-corrected chi connectivity index (χ4v) is 5.83. The highest BCUT2D eigenvalue weighted by atomic mass is 19.3. The minimum Gasteiger partial charge on any atom is -0.174 e. The van der Waals surface area contributed by atoms with Gasteiger partial charge in [-0.25, -0.2) is 0 Å². The molecule has 2 aromatic rings. The minimum atomic E-state index is -1.53. The van der Waals surface area contributed by atoms with Crippen molar-refractivity contribution in [1.82, 2.24) is 0 Å². The van der Waals surface area contributed by atoms with Crippen LogP contribution >= 0.6 is 0 Å². The van der Waals surface area contributed by atoms with Crippen molar-refractivity contribution in [3.63, 3.8) is 0 Å². The Balaban J connectivity index is 1.32. The number of benzene rings is 2. The summed E-state index contributed by atoms with van der Waals surface area (Å²) in [5, 5.41) is 0. The van der Waals surface area contributed by atoms with Gasteiger partial charge in [-0.1, -0.05) is 54.6 Å². The van der Waals surface area contributed by atoms with Crippen molar-refractivity contribution in [1.29, 1.82) is 0 Å². The van der Waals surface area contributed by atoms with Crippen molar-refractivity contribution < 1.29 is 8.78 Å². The summed E-state index contributed by atoms with van der Waals surface area (Å²) in [4.78, 5) is 0. The van der Waals surface area contributed by atoms with E-state index >= 15 is 0 Å². The summed E-state index contributed by atoms with van der Waals surface area (Å²) in [6, 6.07) is 18.1. The maximum absolute atomic E-state index is 12.5. The lowest BCUT2D eigenvalue weighted by molar-refractivity contribution is 0.312. The molecule has 2 fully saturated rings. The maximum atomic E-state index is 12.5. The standard InChI is InChI=1S/C30H36F2/c1-2-3-4-22-5-9-24(10-6-22)26-13-17-28(18-14-26)29-19-15-27(16-20-29)25-11-7-23(8-12-25)21-30(31)32/h2,13-25H,1,3-12H2/t22-,23-,24-,25-. The predicted octanol–water partition coefficient (Wildman–Crippen LogP) is 9.65. The Kier molecular flexibility index (Phi) is 7.95. The van der Waals surface area contributed by atoms with E-state index in [1.165, 1.54) is 54.4 Å². The van der Waals surface area contributed by atoms with Gasteiger partial charge < -0.3 is 0 Å². The normalized spacial score (nSPS) is 25.8. The minimum absolute atomic E-state index is 0.0521. The molecule has 2 saturated carbocycles. The third-order valence-electron chi connectivity index (χ3n) is 7.86. The fourth-order valence-electron chi connectivity index (χ4n) is 5.83. The zero-order valence-electron chi connectivity index (χ0n) is 19.1. The molecule has 2 heteroatoms. The van der Waals surface area contributed by atoms with Gasteiger partial charge in [0, 0.05) is 0 Å². The van der Waals surface area contributed by atoms with E-state index in [1.807, 2.05) is 0 Å². The fraction of sp³-hybridized carbons (Fsp3) is 0.467. The lowest BCUT2D eigenvalue weighted by Crippen LogP contribution is -2.13. The van der Waals surface area contributed by atoms with Gasteiger partial charge in [0.05, 0.1) is 0 Å². The van der Waals surface area contributed by atoms with Crippen molar-refractivity contribution in [2.75, 3.05) is 0 Å². The van der Waals surface area contributed by atoms with Gasteiger partial charge in [-0.05, 0) is 116 Å². The monoisotopic (exact) mass is 434 g/mol. The van der Waals surface area contributed by atoms with Crippen LogP contribution in [0.15, 0.2) is 73.3 Å². The maximum Gasteiger partial charge on any atom is 0.266 e. The first-order chi connectivity index (χ1) is 15.6. The summed E-state index contributed by atoms with van der Waals surface area (Å²) in [6.07, 6.45) is 13.2. The van der Waals surface area contributed by atoms with Crippen molar-refractivity contribution in [2.45, 2.75) is 76.0 Å². The smallest absolute Gasteiger partial charge is 0.174 e. The molecule has 170 valence electrons. The summed E-state index contributed by atoms with van der Waals surface area (Å²) in [5.41, 5.74) is 5.36. The molecule has 2 aliphatic rings. The highest BCUT2D eigenvalue weighted by molar-refractivity contribution is 5.64. The third kappa shape index (κ3) is 5.97. The first-order valence-corrected chi connectivity index (χ1v) is 12.5. The second-order valence-electron chi connectivity index (χ2n) is 9.90. The van der Waals surface area contributed by atoms with Crippen LogP contribution in [-0.2, 0) is 0 Å². The van der Waals surface area contributed by atoms with E-state index in [0.29, 0.717) is 11.8 Å². The Morgan fingerprint density at radius 2 is 1.19 bits per heavy atom. The van der Waals surface area contributed by atoms with Crippen LogP contribution in [0.1, 0.15) is 87.2 Å². The summed E-state index contributed by atoms with van der Waals surface area (Å²) in [7, 11) is 0. The Bertz CT molecular complexity index is 873. The molecule has 0 atom stereocenters. The van der Waals surface area contributed by atoms with Crippen LogP contribution in [-0.4, -0.2) is 0 Å². The van der Waals surface area contributed by atoms with Gasteiger partial charge in [0.1, 0.15) is 0 Å². The van der Waals surface area contributed by atoms with Gasteiger partial charge in [-0.2, -0.15) is 8.78 Å². The molecule has 0 aliphatic heterocycles. The Labute approximate surface area is 192 Å². The molecule has 0 saturated heterocycles. The first kappa shape index (κ1) is 23.0. The first-order valence-electron chi connectivity index (χ1n) is 12.5. The van der Waals surface area contributed by atoms with Crippen molar-refractivity contribution >= 4 is 0 Å². The number of rotatable bonds is 7. The third-order valence-corrected chi connectivity index (χ3v) is 7.86. The van der Waals surface area contributed by atoms with Gasteiger partial charge in [-0.15, -0.1) is 6.58 Å². The summed E-state index contributed by atoms with van der Waals surface area (Å²) < 4.78 is 25.0. The second-order valence-corrected chi connectivity index (χ2v) is 9.90. The molecule has 2 aromatic carbocycles. The summed E-state index contributed by atoms with van der Waals surface area (Å²) in [6.45, 7) is 3.86. The molecule has 0 bridgehead atoms. The molecule has 32 heavy (non-hydrogen) atoms. The van der Waals surface area contributed by atoms with Crippen LogP contribution < -0.4 is 0 Å². The second kappa shape index (κ2) is 11.1. The molecular formula is C30H36F2. The van der Waals surface area contributed by atoms with E-state index in [-0.39, 0.29) is 5.92 Å². The summed E-state index contributed by atoms with van der Waals surface area (Å²) >= 11 is 0. The number of hydrogen-bond donors (Lipinski definition) is 0. The molecule has 0 N–H and O–H groups in total. The lowest BCUT2D eigenvalue weighted by atomic mass is 9.77. The molecule has 0 nitrogen and oxygen atoms in total. The van der Waals surface area contributed by atoms with E-state index in [2.05, 4.69) is 61.2 Å². The largest absolute Gasteiger partial charge is 0.266 e. The molecule has 0 amide bonds. The lowest BCUT2D eigenvalue weighted by Gasteiger charge is -2.28. The van der Waals surface area contributed by atoms with Crippen molar-refractivity contribution in [3.8, 4) is 11.1 Å². The average molecular weight is 435 g/mol. The predicted molar refractivity (Wildman–Crippen MR) is 131 cm³/mol. The molecule has 4 rings (SSSR count). The SMILES string of the molecule is C=CCC[C@H]1CC[C@H](c2ccc(-c3ccc([C@H]4CC[C@H](C=C(F)F)CC4)cc3)cc2)CC1. The average Bonchev–Trinajstić information content (AvgIpc) is 2.83. The molecule has 0 radical (unpaired) electrons. The van der Waals surface area contributed by atoms with Crippen molar-refractivity contribution in [3.05, 3.63) is 84.5 Å². The Morgan fingerprint density at radius 1 is 0.719 bits per heavy atom. The quantitative estimate of drug-likeness (QED) is 0.380. The van der Waals surface area contributed by atoms with Gasteiger partial charge in [-0.3, -0.25) is 0 Å². The zero-order chi connectivity index (χ0) is 22.3. The highest BCUT2D eigenvalue weighted by Crippen LogP contribution is 2.39. The number of halogens is 2. The van der Waals surface area contributed by atoms with E-state index in [9.17, 15) is 8.78 Å². The summed E-state index contributed by atoms with van der Waals surface area (Å²) in [5.74, 6) is 2.15. The molecule has 0 heterocycles. The molecule has 0 unspecified atom stereocenters. The molecule has 0 aromatic heterocycles. The highest BCUT2D eigenvalue weighted by Gasteiger charge is 2.23. The van der Waals surface area contributed by atoms with Crippen LogP contribution in [0.2, 0.25) is 0 Å². The van der Waals surface area contributed by atoms with Crippen LogP contribution in [0.5, 0.6) is 0 Å². The number of hydrogen-bond acceptors (Lipinski definition) is 0. The van der Waals surface area contributed by atoms with Crippen LogP contribution in [0.25, 0.3) is 11.1 Å². The molecular weight excluding hydrogens is 398 g/mol. The van der Waals surface area contributed by atoms with Gasteiger partial charge in [0.15, 0.2) is 0 Å².